The van der Waals surface area contributed by atoms with Crippen LogP contribution in [0.15, 0.2) is 22.7 Å². The van der Waals surface area contributed by atoms with Gasteiger partial charge in [-0.25, -0.2) is 0 Å². The summed E-state index contributed by atoms with van der Waals surface area (Å²) in [5.41, 5.74) is 0.691. The molecule has 1 fully saturated rings. The van der Waals surface area contributed by atoms with Gasteiger partial charge in [-0.3, -0.25) is 4.79 Å². The first-order valence-corrected chi connectivity index (χ1v) is 6.92. The van der Waals surface area contributed by atoms with Crippen LogP contribution in [0.3, 0.4) is 0 Å². The van der Waals surface area contributed by atoms with E-state index >= 15 is 0 Å². The summed E-state index contributed by atoms with van der Waals surface area (Å²) in [7, 11) is 1.65. The zero-order valence-electron chi connectivity index (χ0n) is 10.7. The largest absolute Gasteiger partial charge is 0.378 e. The van der Waals surface area contributed by atoms with E-state index in [2.05, 4.69) is 27.3 Å². The Labute approximate surface area is 120 Å². The molecule has 0 atom stereocenters. The Hall–Kier alpha value is -1.38. The second kappa shape index (κ2) is 5.72. The lowest BCUT2D eigenvalue weighted by molar-refractivity contribution is -0.129. The molecule has 5 heteroatoms. The van der Waals surface area contributed by atoms with Crippen LogP contribution < -0.4 is 5.32 Å². The van der Waals surface area contributed by atoms with Gasteiger partial charge in [0.25, 0.3) is 0 Å². The van der Waals surface area contributed by atoms with Crippen LogP contribution in [0.25, 0.3) is 0 Å². The van der Waals surface area contributed by atoms with Gasteiger partial charge in [0.15, 0.2) is 0 Å². The second-order valence-corrected chi connectivity index (χ2v) is 5.68. The molecule has 1 N–H and O–H groups in total. The Morgan fingerprint density at radius 2 is 2.32 bits per heavy atom. The third-order valence-electron chi connectivity index (χ3n) is 3.56. The number of carbonyl (C=O) groups excluding carboxylic acids is 1. The number of nitrogens with zero attached hydrogens (tertiary/aromatic N) is 1. The zero-order chi connectivity index (χ0) is 13.9. The highest BCUT2D eigenvalue weighted by atomic mass is 79.9. The van der Waals surface area contributed by atoms with Crippen molar-refractivity contribution in [3.8, 4) is 6.07 Å². The molecule has 0 aromatic heterocycles. The molecule has 1 aromatic carbocycles. The normalized spacial score (nSPS) is 16.3. The van der Waals surface area contributed by atoms with Crippen LogP contribution in [0.1, 0.15) is 31.2 Å². The number of rotatable bonds is 4. The molecule has 0 spiro atoms. The molecule has 1 amide bonds. The Balaban J connectivity index is 2.05. The highest BCUT2D eigenvalue weighted by molar-refractivity contribution is 9.10. The first-order valence-electron chi connectivity index (χ1n) is 6.13. The molecule has 1 saturated carbocycles. The zero-order valence-corrected chi connectivity index (χ0v) is 12.3. The van der Waals surface area contributed by atoms with Crippen LogP contribution in [-0.4, -0.2) is 18.6 Å². The topological polar surface area (TPSA) is 62.1 Å². The van der Waals surface area contributed by atoms with Crippen molar-refractivity contribution in [2.75, 3.05) is 12.4 Å². The maximum Gasteiger partial charge on any atom is 0.227 e. The highest BCUT2D eigenvalue weighted by Gasteiger charge is 2.39. The predicted octanol–water partition coefficient (Wildman–Crippen LogP) is 3.22. The fraction of sp³-hybridized carbons (Fsp3) is 0.429. The quantitative estimate of drug-likeness (QED) is 0.925. The van der Waals surface area contributed by atoms with Gasteiger partial charge in [0.05, 0.1) is 23.3 Å². The van der Waals surface area contributed by atoms with E-state index in [0.29, 0.717) is 17.7 Å². The van der Waals surface area contributed by atoms with Crippen LogP contribution in [0.4, 0.5) is 5.69 Å². The van der Waals surface area contributed by atoms with Crippen molar-refractivity contribution in [2.45, 2.75) is 31.3 Å². The van der Waals surface area contributed by atoms with Gasteiger partial charge >= 0.3 is 0 Å². The smallest absolute Gasteiger partial charge is 0.227 e. The van der Waals surface area contributed by atoms with Gasteiger partial charge in [-0.15, -0.1) is 0 Å². The Morgan fingerprint density at radius 1 is 1.58 bits per heavy atom. The average Bonchev–Trinajstić information content (AvgIpc) is 2.36. The van der Waals surface area contributed by atoms with E-state index in [1.165, 1.54) is 0 Å². The minimum Gasteiger partial charge on any atom is -0.378 e. The van der Waals surface area contributed by atoms with Crippen molar-refractivity contribution >= 4 is 27.5 Å². The van der Waals surface area contributed by atoms with Crippen LogP contribution in [0, 0.1) is 11.3 Å². The standard InChI is InChI=1S/C14H15BrN2O2/c1-19-14(5-2-6-14)8-13(18)17-12-4-3-11(15)7-10(12)9-16/h3-4,7H,2,5-6,8H2,1H3,(H,17,18). The number of nitrogens with one attached hydrogen (secondary N) is 1. The van der Waals surface area contributed by atoms with Crippen LogP contribution in [-0.2, 0) is 9.53 Å². The molecule has 0 radical (unpaired) electrons. The summed E-state index contributed by atoms with van der Waals surface area (Å²) in [6.45, 7) is 0. The first-order chi connectivity index (χ1) is 9.08. The molecule has 0 unspecified atom stereocenters. The maximum absolute atomic E-state index is 12.0. The lowest BCUT2D eigenvalue weighted by Gasteiger charge is -2.39. The molecule has 1 aromatic rings. The van der Waals surface area contributed by atoms with E-state index in [4.69, 9.17) is 10.00 Å². The molecule has 1 aliphatic carbocycles. The van der Waals surface area contributed by atoms with Gasteiger partial charge in [0.1, 0.15) is 6.07 Å². The third kappa shape index (κ3) is 3.14. The molecule has 0 bridgehead atoms. The number of hydrogen-bond donors (Lipinski definition) is 1. The molecular formula is C14H15BrN2O2. The number of anilines is 1. The van der Waals surface area contributed by atoms with Crippen molar-refractivity contribution in [1.29, 1.82) is 5.26 Å². The third-order valence-corrected chi connectivity index (χ3v) is 4.05. The predicted molar refractivity (Wildman–Crippen MR) is 75.7 cm³/mol. The number of carbonyl (C=O) groups is 1. The molecule has 4 nitrogen and oxygen atoms in total. The monoisotopic (exact) mass is 322 g/mol. The Bertz CT molecular complexity index is 527. The van der Waals surface area contributed by atoms with Crippen LogP contribution >= 0.6 is 15.9 Å². The minimum absolute atomic E-state index is 0.111. The summed E-state index contributed by atoms with van der Waals surface area (Å²) in [4.78, 5) is 12.0. The van der Waals surface area contributed by atoms with E-state index in [1.54, 1.807) is 25.3 Å². The number of ether oxygens (including phenoxy) is 1. The number of halogens is 1. The van der Waals surface area contributed by atoms with E-state index < -0.39 is 0 Å². The van der Waals surface area contributed by atoms with E-state index in [9.17, 15) is 4.79 Å². The number of nitriles is 1. The number of amides is 1. The highest BCUT2D eigenvalue weighted by Crippen LogP contribution is 2.38. The fourth-order valence-corrected chi connectivity index (χ4v) is 2.59. The molecule has 0 saturated heterocycles. The van der Waals surface area contributed by atoms with Crippen molar-refractivity contribution < 1.29 is 9.53 Å². The van der Waals surface area contributed by atoms with E-state index in [1.807, 2.05) is 0 Å². The van der Waals surface area contributed by atoms with E-state index in [-0.39, 0.29) is 11.5 Å². The molecular weight excluding hydrogens is 308 g/mol. The summed E-state index contributed by atoms with van der Waals surface area (Å²) in [6, 6.07) is 7.28. The van der Waals surface area contributed by atoms with Crippen molar-refractivity contribution in [1.82, 2.24) is 0 Å². The number of benzene rings is 1. The lowest BCUT2D eigenvalue weighted by Crippen LogP contribution is -2.42. The number of hydrogen-bond acceptors (Lipinski definition) is 3. The second-order valence-electron chi connectivity index (χ2n) is 4.77. The van der Waals surface area contributed by atoms with Crippen molar-refractivity contribution in [3.63, 3.8) is 0 Å². The van der Waals surface area contributed by atoms with Gasteiger partial charge in [-0.2, -0.15) is 5.26 Å². The van der Waals surface area contributed by atoms with Gasteiger partial charge in [0, 0.05) is 11.6 Å². The lowest BCUT2D eigenvalue weighted by atomic mass is 9.77. The molecule has 100 valence electrons. The summed E-state index contributed by atoms with van der Waals surface area (Å²) >= 11 is 3.30. The van der Waals surface area contributed by atoms with Crippen LogP contribution in [0.5, 0.6) is 0 Å². The van der Waals surface area contributed by atoms with Gasteiger partial charge in [-0.05, 0) is 37.5 Å². The Morgan fingerprint density at radius 3 is 2.84 bits per heavy atom. The summed E-state index contributed by atoms with van der Waals surface area (Å²) < 4.78 is 6.24. The SMILES string of the molecule is COC1(CC(=O)Nc2ccc(Br)cc2C#N)CCC1. The fourth-order valence-electron chi connectivity index (χ4n) is 2.23. The summed E-state index contributed by atoms with van der Waals surface area (Å²) in [5.74, 6) is -0.111. The minimum atomic E-state index is -0.299. The molecule has 0 aliphatic heterocycles. The summed E-state index contributed by atoms with van der Waals surface area (Å²) in [6.07, 6.45) is 3.28. The van der Waals surface area contributed by atoms with Crippen molar-refractivity contribution in [3.05, 3.63) is 28.2 Å². The first kappa shape index (κ1) is 14.0. The molecule has 0 heterocycles. The van der Waals surface area contributed by atoms with Gasteiger partial charge < -0.3 is 10.1 Å². The maximum atomic E-state index is 12.0. The van der Waals surface area contributed by atoms with Crippen LogP contribution in [0.2, 0.25) is 0 Å². The molecule has 1 aliphatic rings. The number of methoxy groups -OCH3 is 1. The molecule has 2 rings (SSSR count). The summed E-state index contributed by atoms with van der Waals surface area (Å²) in [5, 5.41) is 11.8. The van der Waals surface area contributed by atoms with E-state index in [0.717, 1.165) is 23.7 Å². The Kier molecular flexibility index (Phi) is 4.23. The van der Waals surface area contributed by atoms with Crippen molar-refractivity contribution in [2.24, 2.45) is 0 Å². The molecule has 19 heavy (non-hydrogen) atoms. The van der Waals surface area contributed by atoms with Gasteiger partial charge in [-0.1, -0.05) is 15.9 Å². The average molecular weight is 323 g/mol. The van der Waals surface area contributed by atoms with Gasteiger partial charge in [0.2, 0.25) is 5.91 Å².